The topological polar surface area (TPSA) is 73.2 Å². The summed E-state index contributed by atoms with van der Waals surface area (Å²) in [4.78, 5) is 26.5. The van der Waals surface area contributed by atoms with Gasteiger partial charge in [-0.1, -0.05) is 49.9 Å². The number of carbonyl (C=O) groups is 2. The van der Waals surface area contributed by atoms with Gasteiger partial charge in [0, 0.05) is 23.6 Å². The molecule has 0 aliphatic heterocycles. The van der Waals surface area contributed by atoms with Gasteiger partial charge >= 0.3 is 5.97 Å². The van der Waals surface area contributed by atoms with Crippen molar-refractivity contribution in [3.63, 3.8) is 0 Å². The lowest BCUT2D eigenvalue weighted by Crippen LogP contribution is -2.43. The molecule has 1 amide bonds. The molecule has 3 aromatic rings. The maximum absolute atomic E-state index is 14.0. The van der Waals surface area contributed by atoms with Crippen molar-refractivity contribution < 1.29 is 23.1 Å². The second kappa shape index (κ2) is 12.7. The number of halogens is 2. The van der Waals surface area contributed by atoms with Crippen molar-refractivity contribution in [2.75, 3.05) is 7.11 Å². The zero-order chi connectivity index (χ0) is 28.1. The first-order chi connectivity index (χ1) is 19.4. The molecule has 1 heterocycles. The van der Waals surface area contributed by atoms with Gasteiger partial charge in [0.2, 0.25) is 0 Å². The van der Waals surface area contributed by atoms with Crippen molar-refractivity contribution in [2.24, 2.45) is 0 Å². The van der Waals surface area contributed by atoms with Gasteiger partial charge in [-0.15, -0.1) is 0 Å². The molecule has 2 aromatic carbocycles. The van der Waals surface area contributed by atoms with Crippen molar-refractivity contribution in [1.82, 2.24) is 15.1 Å². The number of hydrogen-bond donors (Lipinski definition) is 1. The Balaban J connectivity index is 1.49. The Morgan fingerprint density at radius 2 is 1.73 bits per heavy atom. The van der Waals surface area contributed by atoms with Crippen molar-refractivity contribution in [3.05, 3.63) is 88.2 Å². The summed E-state index contributed by atoms with van der Waals surface area (Å²) in [6.07, 6.45) is 9.93. The van der Waals surface area contributed by atoms with E-state index in [1.54, 1.807) is 24.3 Å². The Kier molecular flexibility index (Phi) is 8.92. The smallest absolute Gasteiger partial charge is 0.328 e. The number of methoxy groups -OCH3 is 1. The van der Waals surface area contributed by atoms with E-state index in [-0.39, 0.29) is 30.0 Å². The average Bonchev–Trinajstić information content (AvgIpc) is 3.23. The van der Waals surface area contributed by atoms with Crippen LogP contribution in [0.4, 0.5) is 8.78 Å². The van der Waals surface area contributed by atoms with E-state index in [0.29, 0.717) is 17.7 Å². The van der Waals surface area contributed by atoms with Crippen molar-refractivity contribution in [3.8, 4) is 0 Å². The maximum Gasteiger partial charge on any atom is 0.328 e. The van der Waals surface area contributed by atoms with Crippen LogP contribution in [0.25, 0.3) is 0 Å². The molecule has 1 N–H and O–H groups in total. The fourth-order valence-electron chi connectivity index (χ4n) is 6.34. The highest BCUT2D eigenvalue weighted by molar-refractivity contribution is 5.96. The molecular formula is C32H37F2N3O3. The van der Waals surface area contributed by atoms with E-state index in [9.17, 15) is 18.4 Å². The lowest BCUT2D eigenvalue weighted by Gasteiger charge is -2.27. The van der Waals surface area contributed by atoms with Gasteiger partial charge < -0.3 is 10.1 Å². The molecule has 0 saturated heterocycles. The highest BCUT2D eigenvalue weighted by atomic mass is 19.1. The number of amides is 1. The van der Waals surface area contributed by atoms with E-state index in [1.165, 1.54) is 31.7 Å². The molecule has 5 rings (SSSR count). The minimum atomic E-state index is -0.938. The molecule has 0 bridgehead atoms. The third-order valence-corrected chi connectivity index (χ3v) is 8.32. The molecule has 1 aromatic heterocycles. The molecule has 212 valence electrons. The van der Waals surface area contributed by atoms with Crippen LogP contribution in [0, 0.1) is 11.6 Å². The summed E-state index contributed by atoms with van der Waals surface area (Å²) in [5, 5.41) is 7.83. The lowest BCUT2D eigenvalue weighted by atomic mass is 9.89. The highest BCUT2D eigenvalue weighted by Gasteiger charge is 2.34. The largest absolute Gasteiger partial charge is 0.467 e. The van der Waals surface area contributed by atoms with Crippen molar-refractivity contribution >= 4 is 11.9 Å². The number of hydrogen-bond acceptors (Lipinski definition) is 4. The number of nitrogens with zero attached hydrogens (tertiary/aromatic N) is 2. The number of aromatic nitrogens is 2. The van der Waals surface area contributed by atoms with Gasteiger partial charge in [0.25, 0.3) is 5.91 Å². The van der Waals surface area contributed by atoms with Crippen molar-refractivity contribution in [2.45, 2.75) is 88.6 Å². The molecule has 1 saturated carbocycles. The van der Waals surface area contributed by atoms with Crippen LogP contribution in [0.3, 0.4) is 0 Å². The van der Waals surface area contributed by atoms with Gasteiger partial charge in [-0.25, -0.2) is 13.6 Å². The molecule has 8 heteroatoms. The van der Waals surface area contributed by atoms with Crippen LogP contribution in [-0.4, -0.2) is 34.8 Å². The number of ether oxygens (including phenoxy) is 1. The van der Waals surface area contributed by atoms with Crippen LogP contribution in [0.1, 0.15) is 96.2 Å². The first kappa shape index (κ1) is 28.0. The quantitative estimate of drug-likeness (QED) is 0.267. The Bertz CT molecular complexity index is 1330. The van der Waals surface area contributed by atoms with Gasteiger partial charge in [-0.05, 0) is 73.9 Å². The molecule has 2 aliphatic rings. The first-order valence-electron chi connectivity index (χ1n) is 14.4. The van der Waals surface area contributed by atoms with E-state index in [0.717, 1.165) is 68.2 Å². The molecular weight excluding hydrogens is 512 g/mol. The predicted octanol–water partition coefficient (Wildman–Crippen LogP) is 6.23. The molecule has 1 unspecified atom stereocenters. The minimum Gasteiger partial charge on any atom is -0.467 e. The van der Waals surface area contributed by atoms with Crippen LogP contribution in [0.5, 0.6) is 0 Å². The van der Waals surface area contributed by atoms with E-state index in [1.807, 2.05) is 6.07 Å². The Hall–Kier alpha value is -3.55. The number of esters is 1. The zero-order valence-corrected chi connectivity index (χ0v) is 23.0. The number of nitrogens with one attached hydrogen (secondary N) is 1. The average molecular weight is 550 g/mol. The zero-order valence-electron chi connectivity index (χ0n) is 23.0. The summed E-state index contributed by atoms with van der Waals surface area (Å²) in [5.74, 6) is -1.48. The normalized spacial score (nSPS) is 18.4. The first-order valence-corrected chi connectivity index (χ1v) is 14.4. The third-order valence-electron chi connectivity index (χ3n) is 8.32. The summed E-state index contributed by atoms with van der Waals surface area (Å²) in [7, 11) is 1.28. The van der Waals surface area contributed by atoms with Gasteiger partial charge in [0.1, 0.15) is 17.7 Å². The van der Waals surface area contributed by atoms with E-state index in [4.69, 9.17) is 9.84 Å². The number of carbonyl (C=O) groups excluding carboxylic acids is 2. The molecule has 2 atom stereocenters. The fraction of sp³-hybridized carbons (Fsp3) is 0.469. The van der Waals surface area contributed by atoms with E-state index in [2.05, 4.69) is 10.00 Å². The van der Waals surface area contributed by atoms with Crippen LogP contribution in [0.15, 0.2) is 48.5 Å². The van der Waals surface area contributed by atoms with Gasteiger partial charge in [0.05, 0.1) is 13.2 Å². The summed E-state index contributed by atoms with van der Waals surface area (Å²) in [6.45, 7) is 0. The Morgan fingerprint density at radius 3 is 2.45 bits per heavy atom. The monoisotopic (exact) mass is 549 g/mol. The standard InChI is InChI=1S/C32H37F2N3O3/c1-40-32(39)28(20-21-14-16-24(33)17-15-21)35-31(38)29-27-13-6-5-9-23(18-22-8-7-10-25(34)19-22)30(27)37(36-29)26-11-3-2-4-12-26/h7-8,10,14-17,19,23,26,28H,2-6,9,11-13,18,20H2,1H3,(H,35,38)/t23?,28-/m0/s1. The fourth-order valence-corrected chi connectivity index (χ4v) is 6.34. The van der Waals surface area contributed by atoms with Gasteiger partial charge in [0.15, 0.2) is 5.69 Å². The molecule has 0 radical (unpaired) electrons. The number of benzene rings is 2. The SMILES string of the molecule is COC(=O)[C@H](Cc1ccc(F)cc1)NC(=O)c1nn(C2CCCCC2)c2c1CCCCC2Cc1cccc(F)c1. The van der Waals surface area contributed by atoms with Crippen LogP contribution < -0.4 is 5.32 Å². The van der Waals surface area contributed by atoms with Crippen molar-refractivity contribution in [1.29, 1.82) is 0 Å². The van der Waals surface area contributed by atoms with Crippen LogP contribution in [0.2, 0.25) is 0 Å². The maximum atomic E-state index is 14.0. The van der Waals surface area contributed by atoms with E-state index >= 15 is 0 Å². The van der Waals surface area contributed by atoms with Crippen LogP contribution >= 0.6 is 0 Å². The van der Waals surface area contributed by atoms with Crippen LogP contribution in [-0.2, 0) is 28.8 Å². The Labute approximate surface area is 234 Å². The minimum absolute atomic E-state index is 0.117. The summed E-state index contributed by atoms with van der Waals surface area (Å²) < 4.78 is 34.6. The Morgan fingerprint density at radius 1 is 0.975 bits per heavy atom. The lowest BCUT2D eigenvalue weighted by molar-refractivity contribution is -0.142. The summed E-state index contributed by atoms with van der Waals surface area (Å²) in [6, 6.07) is 11.9. The van der Waals surface area contributed by atoms with Gasteiger partial charge in [-0.2, -0.15) is 5.10 Å². The second-order valence-corrected chi connectivity index (χ2v) is 11.1. The summed E-state index contributed by atoms with van der Waals surface area (Å²) >= 11 is 0. The molecule has 1 fully saturated rings. The van der Waals surface area contributed by atoms with Gasteiger partial charge in [-0.3, -0.25) is 9.48 Å². The highest BCUT2D eigenvalue weighted by Crippen LogP contribution is 2.39. The second-order valence-electron chi connectivity index (χ2n) is 11.1. The summed E-state index contributed by atoms with van der Waals surface area (Å²) in [5.41, 5.74) is 4.03. The third kappa shape index (κ3) is 6.43. The molecule has 2 aliphatic carbocycles. The number of fused-ring (bicyclic) bond motifs is 1. The predicted molar refractivity (Wildman–Crippen MR) is 148 cm³/mol. The van der Waals surface area contributed by atoms with E-state index < -0.39 is 17.9 Å². The molecule has 40 heavy (non-hydrogen) atoms. The molecule has 6 nitrogen and oxygen atoms in total. The number of rotatable bonds is 8. The molecule has 0 spiro atoms.